The molecule has 0 saturated carbocycles. The molecule has 0 unspecified atom stereocenters. The van der Waals surface area contributed by atoms with Gasteiger partial charge in [0.25, 0.3) is 0 Å². The largest absolute Gasteiger partial charge is 0.396 e. The normalized spacial score (nSPS) is 9.91. The second kappa shape index (κ2) is 4.20. The van der Waals surface area contributed by atoms with Crippen molar-refractivity contribution in [2.45, 2.75) is 12.8 Å². The molecule has 0 aromatic carbocycles. The molecule has 1 aromatic rings. The summed E-state index contributed by atoms with van der Waals surface area (Å²) in [6.07, 6.45) is 3.56. The van der Waals surface area contributed by atoms with Crippen LogP contribution in [0.1, 0.15) is 9.88 Å². The van der Waals surface area contributed by atoms with Crippen molar-refractivity contribution in [3.05, 3.63) is 16.1 Å². The third kappa shape index (κ3) is 2.40. The van der Waals surface area contributed by atoms with E-state index in [0.29, 0.717) is 12.8 Å². The van der Waals surface area contributed by atoms with Gasteiger partial charge in [-0.25, -0.2) is 4.98 Å². The van der Waals surface area contributed by atoms with Crippen molar-refractivity contribution in [3.63, 3.8) is 0 Å². The van der Waals surface area contributed by atoms with Gasteiger partial charge >= 0.3 is 0 Å². The third-order valence-corrected chi connectivity index (χ3v) is 2.29. The van der Waals surface area contributed by atoms with Crippen LogP contribution in [0.3, 0.4) is 0 Å². The summed E-state index contributed by atoms with van der Waals surface area (Å²) in [4.78, 5) is 15.1. The van der Waals surface area contributed by atoms with Crippen molar-refractivity contribution >= 4 is 17.6 Å². The molecule has 4 heteroatoms. The Kier molecular flexibility index (Phi) is 3.19. The molecule has 0 atom stereocenters. The number of carbonyl (C=O) groups excluding carboxylic acids is 1. The Balaban J connectivity index is 2.57. The fourth-order valence-electron chi connectivity index (χ4n) is 0.736. The third-order valence-electron chi connectivity index (χ3n) is 1.21. The Labute approximate surface area is 68.7 Å². The Morgan fingerprint density at radius 1 is 1.73 bits per heavy atom. The summed E-state index contributed by atoms with van der Waals surface area (Å²) in [6.45, 7) is 0.119. The number of aromatic nitrogens is 1. The van der Waals surface area contributed by atoms with Gasteiger partial charge in [0, 0.05) is 30.5 Å². The lowest BCUT2D eigenvalue weighted by Gasteiger charge is -1.85. The molecule has 0 aliphatic heterocycles. The summed E-state index contributed by atoms with van der Waals surface area (Å²) in [5, 5.41) is 9.45. The molecule has 0 aliphatic carbocycles. The van der Waals surface area contributed by atoms with E-state index in [1.165, 1.54) is 11.3 Å². The van der Waals surface area contributed by atoms with E-state index in [4.69, 9.17) is 5.11 Å². The van der Waals surface area contributed by atoms with Crippen molar-refractivity contribution in [2.75, 3.05) is 6.61 Å². The molecule has 1 rings (SSSR count). The van der Waals surface area contributed by atoms with Crippen LogP contribution >= 0.6 is 11.3 Å². The molecule has 0 spiro atoms. The van der Waals surface area contributed by atoms with Crippen LogP contribution in [0.2, 0.25) is 0 Å². The summed E-state index contributed by atoms with van der Waals surface area (Å²) in [5.74, 6) is 0. The van der Waals surface area contributed by atoms with E-state index in [1.54, 1.807) is 6.20 Å². The summed E-state index contributed by atoms with van der Waals surface area (Å²) < 4.78 is 0. The van der Waals surface area contributed by atoms with Gasteiger partial charge < -0.3 is 9.90 Å². The number of hydrogen-bond donors (Lipinski definition) is 1. The van der Waals surface area contributed by atoms with E-state index in [2.05, 4.69) is 4.98 Å². The van der Waals surface area contributed by atoms with Crippen LogP contribution in [0, 0.1) is 0 Å². The van der Waals surface area contributed by atoms with E-state index in [1.807, 2.05) is 0 Å². The SMILES string of the molecule is O=CCc1cnc(CCO)s1. The average Bonchev–Trinajstić information content (AvgIpc) is 2.38. The molecule has 3 nitrogen and oxygen atoms in total. The minimum Gasteiger partial charge on any atom is -0.396 e. The number of nitrogens with zero attached hydrogens (tertiary/aromatic N) is 1. The number of aliphatic hydroxyl groups is 1. The zero-order valence-electron chi connectivity index (χ0n) is 5.99. The number of aldehydes is 1. The zero-order valence-corrected chi connectivity index (χ0v) is 6.80. The number of rotatable bonds is 4. The molecule has 1 aromatic heterocycles. The Hall–Kier alpha value is -0.740. The van der Waals surface area contributed by atoms with Crippen LogP contribution < -0.4 is 0 Å². The fraction of sp³-hybridized carbons (Fsp3) is 0.429. The van der Waals surface area contributed by atoms with Gasteiger partial charge in [-0.05, 0) is 0 Å². The lowest BCUT2D eigenvalue weighted by molar-refractivity contribution is -0.107. The van der Waals surface area contributed by atoms with Gasteiger partial charge in [-0.3, -0.25) is 0 Å². The van der Waals surface area contributed by atoms with Gasteiger partial charge in [0.05, 0.1) is 5.01 Å². The second-order valence-electron chi connectivity index (χ2n) is 2.06. The summed E-state index contributed by atoms with van der Waals surface area (Å²) >= 11 is 1.48. The van der Waals surface area contributed by atoms with Crippen LogP contribution in [0.15, 0.2) is 6.20 Å². The maximum absolute atomic E-state index is 10.1. The minimum absolute atomic E-state index is 0.119. The molecule has 0 saturated heterocycles. The first-order chi connectivity index (χ1) is 5.36. The first-order valence-electron chi connectivity index (χ1n) is 3.35. The number of aliphatic hydroxyl groups excluding tert-OH is 1. The van der Waals surface area contributed by atoms with Crippen molar-refractivity contribution in [1.82, 2.24) is 4.98 Å². The lowest BCUT2D eigenvalue weighted by Crippen LogP contribution is -1.87. The van der Waals surface area contributed by atoms with Crippen LogP contribution in [-0.4, -0.2) is 23.0 Å². The number of carbonyl (C=O) groups is 1. The zero-order chi connectivity index (χ0) is 8.10. The Bertz CT molecular complexity index is 234. The van der Waals surface area contributed by atoms with Gasteiger partial charge in [-0.1, -0.05) is 0 Å². The number of hydrogen-bond acceptors (Lipinski definition) is 4. The summed E-state index contributed by atoms with van der Waals surface area (Å²) in [7, 11) is 0. The van der Waals surface area contributed by atoms with E-state index in [-0.39, 0.29) is 6.61 Å². The smallest absolute Gasteiger partial charge is 0.125 e. The maximum atomic E-state index is 10.1. The van der Waals surface area contributed by atoms with Crippen LogP contribution in [-0.2, 0) is 17.6 Å². The highest BCUT2D eigenvalue weighted by Gasteiger charge is 1.99. The summed E-state index contributed by atoms with van der Waals surface area (Å²) in [6, 6.07) is 0. The van der Waals surface area contributed by atoms with Crippen molar-refractivity contribution < 1.29 is 9.90 Å². The predicted molar refractivity (Wildman–Crippen MR) is 42.7 cm³/mol. The molecule has 1 heterocycles. The predicted octanol–water partition coefficient (Wildman–Crippen LogP) is 0.419. The van der Waals surface area contributed by atoms with Gasteiger partial charge in [-0.15, -0.1) is 11.3 Å². The molecule has 0 aliphatic rings. The second-order valence-corrected chi connectivity index (χ2v) is 3.26. The Morgan fingerprint density at radius 3 is 3.18 bits per heavy atom. The van der Waals surface area contributed by atoms with E-state index < -0.39 is 0 Å². The molecular weight excluding hydrogens is 162 g/mol. The van der Waals surface area contributed by atoms with Gasteiger partial charge in [-0.2, -0.15) is 0 Å². The maximum Gasteiger partial charge on any atom is 0.125 e. The first-order valence-corrected chi connectivity index (χ1v) is 4.16. The topological polar surface area (TPSA) is 50.2 Å². The standard InChI is InChI=1S/C7H9NO2S/c9-3-1-6-5-8-7(11-6)2-4-10/h3,5,10H,1-2,4H2. The first kappa shape index (κ1) is 8.36. The molecule has 0 bridgehead atoms. The highest BCUT2D eigenvalue weighted by molar-refractivity contribution is 7.11. The quantitative estimate of drug-likeness (QED) is 0.668. The van der Waals surface area contributed by atoms with Crippen molar-refractivity contribution in [2.24, 2.45) is 0 Å². The lowest BCUT2D eigenvalue weighted by atomic mass is 10.4. The average molecular weight is 171 g/mol. The van der Waals surface area contributed by atoms with E-state index in [9.17, 15) is 4.79 Å². The molecule has 0 fully saturated rings. The van der Waals surface area contributed by atoms with Crippen LogP contribution in [0.25, 0.3) is 0 Å². The minimum atomic E-state index is 0.119. The van der Waals surface area contributed by atoms with Crippen molar-refractivity contribution in [3.8, 4) is 0 Å². The molecule has 1 N–H and O–H groups in total. The number of thiazole rings is 1. The van der Waals surface area contributed by atoms with Gasteiger partial charge in [0.1, 0.15) is 6.29 Å². The molecule has 60 valence electrons. The molecule has 0 radical (unpaired) electrons. The molecule has 11 heavy (non-hydrogen) atoms. The Morgan fingerprint density at radius 2 is 2.55 bits per heavy atom. The van der Waals surface area contributed by atoms with E-state index in [0.717, 1.165) is 16.2 Å². The molecule has 0 amide bonds. The van der Waals surface area contributed by atoms with E-state index >= 15 is 0 Å². The van der Waals surface area contributed by atoms with Crippen LogP contribution in [0.5, 0.6) is 0 Å². The fourth-order valence-corrected chi connectivity index (χ4v) is 1.59. The van der Waals surface area contributed by atoms with Gasteiger partial charge in [0.15, 0.2) is 0 Å². The van der Waals surface area contributed by atoms with Crippen LogP contribution in [0.4, 0.5) is 0 Å². The monoisotopic (exact) mass is 171 g/mol. The van der Waals surface area contributed by atoms with Gasteiger partial charge in [0.2, 0.25) is 0 Å². The van der Waals surface area contributed by atoms with Crippen molar-refractivity contribution in [1.29, 1.82) is 0 Å². The summed E-state index contributed by atoms with van der Waals surface area (Å²) in [5.41, 5.74) is 0. The molecular formula is C7H9NO2S. The highest BCUT2D eigenvalue weighted by atomic mass is 32.1. The highest BCUT2D eigenvalue weighted by Crippen LogP contribution is 2.12.